The first-order valence-corrected chi connectivity index (χ1v) is 9.42. The molecular formula is C18H21N3O3S. The molecule has 4 rings (SSSR count). The van der Waals surface area contributed by atoms with Crippen LogP contribution < -0.4 is 4.74 Å². The molecule has 6 nitrogen and oxygen atoms in total. The standard InChI is InChI=1S/C18H21N3O3S/c1-13-20-16(10-25-13)17(22)21-11-18(12-21)14(5-8-24-18)4-7-23-15-3-2-6-19-9-15/h2-3,6,9-10,14H,4-5,7-8,11-12H2,1H3. The Morgan fingerprint density at radius 3 is 3.12 bits per heavy atom. The maximum Gasteiger partial charge on any atom is 0.273 e. The molecular weight excluding hydrogens is 338 g/mol. The van der Waals surface area contributed by atoms with Crippen molar-refractivity contribution < 1.29 is 14.3 Å². The van der Waals surface area contributed by atoms with Gasteiger partial charge < -0.3 is 14.4 Å². The smallest absolute Gasteiger partial charge is 0.273 e. The summed E-state index contributed by atoms with van der Waals surface area (Å²) in [7, 11) is 0. The van der Waals surface area contributed by atoms with Gasteiger partial charge >= 0.3 is 0 Å². The molecule has 1 atom stereocenters. The topological polar surface area (TPSA) is 64.6 Å². The molecule has 0 N–H and O–H groups in total. The third kappa shape index (κ3) is 3.26. The van der Waals surface area contributed by atoms with Crippen LogP contribution in [0.4, 0.5) is 0 Å². The minimum Gasteiger partial charge on any atom is -0.492 e. The van der Waals surface area contributed by atoms with Crippen molar-refractivity contribution in [2.45, 2.75) is 25.4 Å². The molecule has 132 valence electrons. The quantitative estimate of drug-likeness (QED) is 0.821. The monoisotopic (exact) mass is 359 g/mol. The van der Waals surface area contributed by atoms with E-state index < -0.39 is 0 Å². The summed E-state index contributed by atoms with van der Waals surface area (Å²) in [5.41, 5.74) is 0.353. The number of carbonyl (C=O) groups excluding carboxylic acids is 1. The van der Waals surface area contributed by atoms with Crippen LogP contribution in [-0.4, -0.2) is 52.7 Å². The summed E-state index contributed by atoms with van der Waals surface area (Å²) in [5, 5.41) is 2.75. The van der Waals surface area contributed by atoms with Crippen LogP contribution in [0.1, 0.15) is 28.3 Å². The molecule has 1 spiro atoms. The molecule has 0 saturated carbocycles. The summed E-state index contributed by atoms with van der Waals surface area (Å²) in [6, 6.07) is 3.78. The van der Waals surface area contributed by atoms with E-state index in [1.54, 1.807) is 12.4 Å². The highest BCUT2D eigenvalue weighted by atomic mass is 32.1. The van der Waals surface area contributed by atoms with Crippen molar-refractivity contribution in [1.29, 1.82) is 0 Å². The van der Waals surface area contributed by atoms with Gasteiger partial charge in [-0.1, -0.05) is 0 Å². The summed E-state index contributed by atoms with van der Waals surface area (Å²) >= 11 is 1.51. The molecule has 2 aliphatic rings. The van der Waals surface area contributed by atoms with Crippen LogP contribution in [0.15, 0.2) is 29.9 Å². The third-order valence-corrected chi connectivity index (χ3v) is 5.79. The number of nitrogens with zero attached hydrogens (tertiary/aromatic N) is 3. The molecule has 0 bridgehead atoms. The SMILES string of the molecule is Cc1nc(C(=O)N2CC3(C2)OCCC3CCOc2cccnc2)cs1. The van der Waals surface area contributed by atoms with E-state index in [2.05, 4.69) is 9.97 Å². The lowest BCUT2D eigenvalue weighted by Gasteiger charge is -2.50. The molecule has 2 aliphatic heterocycles. The van der Waals surface area contributed by atoms with Crippen molar-refractivity contribution in [3.05, 3.63) is 40.6 Å². The number of ether oxygens (including phenoxy) is 2. The molecule has 2 fully saturated rings. The van der Waals surface area contributed by atoms with Crippen LogP contribution in [0.25, 0.3) is 0 Å². The van der Waals surface area contributed by atoms with Crippen LogP contribution in [-0.2, 0) is 4.74 Å². The van der Waals surface area contributed by atoms with Gasteiger partial charge in [0.1, 0.15) is 17.0 Å². The molecule has 2 aromatic rings. The Kier molecular flexibility index (Phi) is 4.43. The highest BCUT2D eigenvalue weighted by Crippen LogP contribution is 2.42. The van der Waals surface area contributed by atoms with E-state index in [0.29, 0.717) is 31.3 Å². The van der Waals surface area contributed by atoms with Crippen molar-refractivity contribution in [3.63, 3.8) is 0 Å². The molecule has 2 aromatic heterocycles. The lowest BCUT2D eigenvalue weighted by Crippen LogP contribution is -2.66. The van der Waals surface area contributed by atoms with E-state index in [4.69, 9.17) is 9.47 Å². The third-order valence-electron chi connectivity index (χ3n) is 5.01. The number of hydrogen-bond acceptors (Lipinski definition) is 6. The zero-order valence-electron chi connectivity index (χ0n) is 14.2. The molecule has 1 amide bonds. The van der Waals surface area contributed by atoms with E-state index in [1.165, 1.54) is 11.3 Å². The van der Waals surface area contributed by atoms with Crippen molar-refractivity contribution in [1.82, 2.24) is 14.9 Å². The molecule has 0 aromatic carbocycles. The number of hydrogen-bond donors (Lipinski definition) is 0. The summed E-state index contributed by atoms with van der Waals surface area (Å²) in [5.74, 6) is 1.22. The molecule has 4 heterocycles. The van der Waals surface area contributed by atoms with Crippen molar-refractivity contribution >= 4 is 17.2 Å². The van der Waals surface area contributed by atoms with Gasteiger partial charge in [0.05, 0.1) is 30.9 Å². The first-order valence-electron chi connectivity index (χ1n) is 8.54. The lowest BCUT2D eigenvalue weighted by atomic mass is 9.79. The van der Waals surface area contributed by atoms with Gasteiger partial charge in [0.15, 0.2) is 0 Å². The molecule has 0 radical (unpaired) electrons. The van der Waals surface area contributed by atoms with Crippen molar-refractivity contribution in [2.24, 2.45) is 5.92 Å². The predicted octanol–water partition coefficient (Wildman–Crippen LogP) is 2.55. The highest BCUT2D eigenvalue weighted by Gasteiger charge is 2.54. The molecule has 25 heavy (non-hydrogen) atoms. The fourth-order valence-electron chi connectivity index (χ4n) is 3.66. The average molecular weight is 359 g/mol. The fourth-order valence-corrected chi connectivity index (χ4v) is 4.25. The molecule has 0 aliphatic carbocycles. The number of likely N-dealkylation sites (tertiary alicyclic amines) is 1. The van der Waals surface area contributed by atoms with Gasteiger partial charge in [-0.3, -0.25) is 9.78 Å². The summed E-state index contributed by atoms with van der Waals surface area (Å²) < 4.78 is 11.8. The largest absolute Gasteiger partial charge is 0.492 e. The zero-order chi connectivity index (χ0) is 17.3. The van der Waals surface area contributed by atoms with Gasteiger partial charge in [-0.05, 0) is 37.8 Å². The Balaban J connectivity index is 1.31. The van der Waals surface area contributed by atoms with Crippen LogP contribution in [0, 0.1) is 12.8 Å². The average Bonchev–Trinajstić information content (AvgIpc) is 3.20. The zero-order valence-corrected chi connectivity index (χ0v) is 15.0. The van der Waals surface area contributed by atoms with Gasteiger partial charge in [0.2, 0.25) is 0 Å². The van der Waals surface area contributed by atoms with E-state index in [0.717, 1.165) is 30.2 Å². The minimum atomic E-state index is -0.195. The second-order valence-corrected chi connectivity index (χ2v) is 7.70. The number of carbonyl (C=O) groups is 1. The number of aromatic nitrogens is 2. The lowest BCUT2D eigenvalue weighted by molar-refractivity contribution is -0.119. The van der Waals surface area contributed by atoms with Crippen LogP contribution in [0.2, 0.25) is 0 Å². The molecule has 2 saturated heterocycles. The molecule has 7 heteroatoms. The second kappa shape index (κ2) is 6.72. The number of amides is 1. The summed E-state index contributed by atoms with van der Waals surface area (Å²) in [6.07, 6.45) is 5.40. The number of thiazole rings is 1. The van der Waals surface area contributed by atoms with E-state index in [-0.39, 0.29) is 11.5 Å². The van der Waals surface area contributed by atoms with E-state index in [9.17, 15) is 4.79 Å². The minimum absolute atomic E-state index is 0.0100. The van der Waals surface area contributed by atoms with Gasteiger partial charge in [0.25, 0.3) is 5.91 Å². The molecule has 1 unspecified atom stereocenters. The van der Waals surface area contributed by atoms with E-state index >= 15 is 0 Å². The number of aryl methyl sites for hydroxylation is 1. The first kappa shape index (κ1) is 16.5. The van der Waals surface area contributed by atoms with Crippen LogP contribution in [0.3, 0.4) is 0 Å². The van der Waals surface area contributed by atoms with Gasteiger partial charge in [-0.15, -0.1) is 11.3 Å². The Morgan fingerprint density at radius 1 is 1.52 bits per heavy atom. The fraction of sp³-hybridized carbons (Fsp3) is 0.500. The first-order chi connectivity index (χ1) is 12.2. The Labute approximate surface area is 150 Å². The van der Waals surface area contributed by atoms with Crippen molar-refractivity contribution in [2.75, 3.05) is 26.3 Å². The van der Waals surface area contributed by atoms with Crippen LogP contribution >= 0.6 is 11.3 Å². The summed E-state index contributed by atoms with van der Waals surface area (Å²) in [4.78, 5) is 22.7. The highest BCUT2D eigenvalue weighted by molar-refractivity contribution is 7.09. The van der Waals surface area contributed by atoms with E-state index in [1.807, 2.05) is 29.3 Å². The van der Waals surface area contributed by atoms with Gasteiger partial charge in [0, 0.05) is 18.2 Å². The number of rotatable bonds is 5. The van der Waals surface area contributed by atoms with Crippen LogP contribution in [0.5, 0.6) is 5.75 Å². The van der Waals surface area contributed by atoms with Gasteiger partial charge in [-0.2, -0.15) is 0 Å². The Bertz CT molecular complexity index is 743. The Hall–Kier alpha value is -1.99. The maximum absolute atomic E-state index is 12.5. The summed E-state index contributed by atoms with van der Waals surface area (Å²) in [6.45, 7) is 4.62. The normalized spacial score (nSPS) is 21.3. The number of pyridine rings is 1. The Morgan fingerprint density at radius 2 is 2.40 bits per heavy atom. The predicted molar refractivity (Wildman–Crippen MR) is 93.9 cm³/mol. The van der Waals surface area contributed by atoms with Gasteiger partial charge in [-0.25, -0.2) is 4.98 Å². The second-order valence-electron chi connectivity index (χ2n) is 6.64. The maximum atomic E-state index is 12.5. The van der Waals surface area contributed by atoms with Crippen molar-refractivity contribution in [3.8, 4) is 5.75 Å².